The van der Waals surface area contributed by atoms with E-state index in [0.29, 0.717) is 11.0 Å². The number of carboxylic acids is 1. The zero-order valence-corrected chi connectivity index (χ0v) is 23.9. The Balaban J connectivity index is 0.000000312. The monoisotopic (exact) mass is 636 g/mol. The molecule has 0 unspecified atom stereocenters. The number of ether oxygens (including phenoxy) is 1. The number of sulfonamides is 1. The molecule has 1 atom stereocenters. The van der Waals surface area contributed by atoms with Gasteiger partial charge >= 0.3 is 12.3 Å². The highest BCUT2D eigenvalue weighted by atomic mass is 32.2. The Kier molecular flexibility index (Phi) is 10.5. The van der Waals surface area contributed by atoms with Gasteiger partial charge in [0, 0.05) is 43.2 Å². The van der Waals surface area contributed by atoms with Crippen molar-refractivity contribution in [1.82, 2.24) is 13.7 Å². The lowest BCUT2D eigenvalue weighted by molar-refractivity contribution is -0.274. The molecule has 0 saturated carbocycles. The number of aryl methyl sites for hydroxylation is 1. The topological polar surface area (TPSA) is 137 Å². The highest BCUT2D eigenvalue weighted by Gasteiger charge is 2.41. The molecule has 2 aromatic carbocycles. The summed E-state index contributed by atoms with van der Waals surface area (Å²) in [5.74, 6) is -4.15. The number of carbonyl (C=O) groups is 1. The number of anilines is 1. The number of rotatable bonds is 8. The number of carboxylic acid groups (broad SMARTS) is 1. The fraction of sp³-hybridized carbons (Fsp3) is 0.400. The molecule has 1 saturated heterocycles. The maximum Gasteiger partial charge on any atom is 0.573 e. The van der Waals surface area contributed by atoms with Crippen LogP contribution in [0.15, 0.2) is 53.4 Å². The number of alkyl halides is 5. The Labute approximate surface area is 242 Å². The zero-order valence-electron chi connectivity index (χ0n) is 22.3. The van der Waals surface area contributed by atoms with Crippen LogP contribution in [0.25, 0.3) is 5.73 Å². The smallest absolute Gasteiger partial charge is 0.573 e. The predicted octanol–water partition coefficient (Wildman–Crippen LogP) is 5.45. The minimum absolute atomic E-state index is 0.0344. The number of hydrogen-bond donors (Lipinski definition) is 1. The molecule has 10 nitrogen and oxygen atoms in total. The summed E-state index contributed by atoms with van der Waals surface area (Å²) in [7, 11) is -4.26. The molecule has 1 fully saturated rings. The van der Waals surface area contributed by atoms with Crippen LogP contribution in [0.3, 0.4) is 0 Å². The molecule has 2 N–H and O–H groups in total. The minimum atomic E-state index is -4.91. The molecule has 1 aliphatic heterocycles. The summed E-state index contributed by atoms with van der Waals surface area (Å²) in [5.41, 5.74) is 7.82. The van der Waals surface area contributed by atoms with E-state index in [0.717, 1.165) is 45.7 Å². The van der Waals surface area contributed by atoms with Crippen molar-refractivity contribution in [2.75, 3.05) is 24.5 Å². The number of nitrogens with one attached hydrogen (secondary N) is 1. The van der Waals surface area contributed by atoms with Crippen LogP contribution in [-0.4, -0.2) is 65.2 Å². The fourth-order valence-corrected chi connectivity index (χ4v) is 6.14. The molecule has 42 heavy (non-hydrogen) atoms. The van der Waals surface area contributed by atoms with Crippen molar-refractivity contribution in [3.8, 4) is 5.75 Å². The first-order valence-electron chi connectivity index (χ1n) is 12.3. The molecule has 0 bridgehead atoms. The molecule has 230 valence electrons. The molecule has 0 amide bonds. The second kappa shape index (κ2) is 13.3. The molecule has 0 radical (unpaired) electrons. The van der Waals surface area contributed by atoms with Crippen molar-refractivity contribution in [3.63, 3.8) is 0 Å². The van der Waals surface area contributed by atoms with Crippen LogP contribution in [0.1, 0.15) is 30.3 Å². The van der Waals surface area contributed by atoms with Crippen LogP contribution in [0.4, 0.5) is 27.1 Å². The highest BCUT2D eigenvalue weighted by Crippen LogP contribution is 2.31. The summed E-state index contributed by atoms with van der Waals surface area (Å²) in [5, 5.41) is 10.0. The normalized spacial score (nSPS) is 16.5. The highest BCUT2D eigenvalue weighted by molar-refractivity contribution is 7.89. The zero-order chi connectivity index (χ0) is 31.3. The van der Waals surface area contributed by atoms with E-state index in [1.165, 1.54) is 19.1 Å². The van der Waals surface area contributed by atoms with E-state index in [2.05, 4.69) is 14.1 Å². The van der Waals surface area contributed by atoms with Gasteiger partial charge in [-0.3, -0.25) is 4.79 Å². The third kappa shape index (κ3) is 8.33. The van der Waals surface area contributed by atoms with Crippen molar-refractivity contribution in [3.05, 3.63) is 71.2 Å². The van der Waals surface area contributed by atoms with Crippen molar-refractivity contribution in [2.24, 2.45) is 0 Å². The standard InChI is InChI=1S/C15H15F3N4O5S2.C10H12F2N/c1-9-19-14(28-20-9)21-6-7-22(12(8-21)13(23)24)29(25,26)11-4-2-10(3-5-11)27-15(16,17)18;1-2-10(11,12)9-5-3-8(7-13)4-6-9/h2-5,12H,6-8H2,1H3,(H,23,24);3-6,13H,2,7H2,1H3/q;-1/t12-;/m1./s1. The average Bonchev–Trinajstić information content (AvgIpc) is 3.38. The molecule has 0 spiro atoms. The van der Waals surface area contributed by atoms with Gasteiger partial charge in [-0.1, -0.05) is 36.8 Å². The summed E-state index contributed by atoms with van der Waals surface area (Å²) in [6.07, 6.45) is -5.10. The average molecular weight is 637 g/mol. The minimum Gasteiger partial charge on any atom is -0.674 e. The molecular weight excluding hydrogens is 609 g/mol. The fourth-order valence-electron chi connectivity index (χ4n) is 3.86. The maximum absolute atomic E-state index is 13.1. The van der Waals surface area contributed by atoms with Gasteiger partial charge in [-0.05, 0) is 31.2 Å². The van der Waals surface area contributed by atoms with Gasteiger partial charge < -0.3 is 20.5 Å². The summed E-state index contributed by atoms with van der Waals surface area (Å²) >= 11 is 1.08. The van der Waals surface area contributed by atoms with Gasteiger partial charge in [0.25, 0.3) is 5.92 Å². The Morgan fingerprint density at radius 2 is 1.71 bits per heavy atom. The number of benzene rings is 2. The molecule has 2 heterocycles. The summed E-state index contributed by atoms with van der Waals surface area (Å²) < 4.78 is 97.3. The van der Waals surface area contributed by atoms with Gasteiger partial charge in [0.05, 0.1) is 4.90 Å². The van der Waals surface area contributed by atoms with E-state index in [4.69, 9.17) is 5.73 Å². The van der Waals surface area contributed by atoms with E-state index in [9.17, 15) is 40.3 Å². The van der Waals surface area contributed by atoms with E-state index < -0.39 is 40.1 Å². The third-order valence-corrected chi connectivity index (χ3v) is 8.88. The van der Waals surface area contributed by atoms with Crippen molar-refractivity contribution >= 4 is 32.7 Å². The van der Waals surface area contributed by atoms with Crippen molar-refractivity contribution in [1.29, 1.82) is 0 Å². The number of hydrogen-bond acceptors (Lipinski definition) is 8. The lowest BCUT2D eigenvalue weighted by atomic mass is 10.0. The SMILES string of the molecule is CCC(F)(F)c1ccc(C[NH-])cc1.Cc1nsc(N2CCN(S(=O)(=O)c3ccc(OC(F)(F)F)cc3)[C@@H](C(=O)O)C2)n1. The maximum atomic E-state index is 13.1. The Morgan fingerprint density at radius 3 is 2.19 bits per heavy atom. The van der Waals surface area contributed by atoms with E-state index >= 15 is 0 Å². The van der Waals surface area contributed by atoms with Crippen molar-refractivity contribution in [2.45, 2.75) is 50.0 Å². The molecule has 4 rings (SSSR count). The third-order valence-electron chi connectivity index (χ3n) is 6.09. The molecule has 3 aromatic rings. The summed E-state index contributed by atoms with van der Waals surface area (Å²) in [6.45, 7) is 3.18. The lowest BCUT2D eigenvalue weighted by Gasteiger charge is -2.38. The Hall–Kier alpha value is -3.41. The number of nitrogens with zero attached hydrogens (tertiary/aromatic N) is 4. The first-order valence-corrected chi connectivity index (χ1v) is 14.6. The molecule has 0 aliphatic carbocycles. The van der Waals surface area contributed by atoms with Crippen LogP contribution in [-0.2, 0) is 27.3 Å². The van der Waals surface area contributed by atoms with Crippen LogP contribution in [0, 0.1) is 6.92 Å². The van der Waals surface area contributed by atoms with Gasteiger partial charge in [0.1, 0.15) is 17.6 Å². The number of aliphatic carboxylic acids is 1. The van der Waals surface area contributed by atoms with Gasteiger partial charge in [-0.25, -0.2) is 22.2 Å². The molecule has 17 heteroatoms. The first kappa shape index (κ1) is 33.1. The molecule has 1 aliphatic rings. The van der Waals surface area contributed by atoms with Gasteiger partial charge in [0.2, 0.25) is 15.2 Å². The Morgan fingerprint density at radius 1 is 1.10 bits per heavy atom. The van der Waals surface area contributed by atoms with E-state index in [1.807, 2.05) is 0 Å². The largest absolute Gasteiger partial charge is 0.674 e. The van der Waals surface area contributed by atoms with Crippen LogP contribution >= 0.6 is 11.5 Å². The van der Waals surface area contributed by atoms with Gasteiger partial charge in [-0.2, -0.15) is 8.68 Å². The number of aromatic nitrogens is 2. The van der Waals surface area contributed by atoms with Crippen LogP contribution < -0.4 is 9.64 Å². The Bertz CT molecular complexity index is 1450. The molecule has 1 aromatic heterocycles. The summed E-state index contributed by atoms with van der Waals surface area (Å²) in [4.78, 5) is 17.2. The second-order valence-electron chi connectivity index (χ2n) is 8.99. The van der Waals surface area contributed by atoms with E-state index in [-0.39, 0.29) is 43.1 Å². The second-order valence-corrected chi connectivity index (χ2v) is 11.6. The quantitative estimate of drug-likeness (QED) is 0.323. The van der Waals surface area contributed by atoms with Gasteiger partial charge in [-0.15, -0.1) is 19.7 Å². The molecular formula is C25H27F5N5O5S2-. The summed E-state index contributed by atoms with van der Waals surface area (Å²) in [6, 6.07) is 8.14. The van der Waals surface area contributed by atoms with Crippen LogP contribution in [0.5, 0.6) is 5.75 Å². The van der Waals surface area contributed by atoms with Crippen LogP contribution in [0.2, 0.25) is 0 Å². The lowest BCUT2D eigenvalue weighted by Crippen LogP contribution is -2.58. The number of halogens is 5. The first-order chi connectivity index (χ1) is 19.6. The predicted molar refractivity (Wildman–Crippen MR) is 144 cm³/mol. The van der Waals surface area contributed by atoms with E-state index in [1.54, 1.807) is 24.0 Å². The van der Waals surface area contributed by atoms with Crippen molar-refractivity contribution < 1.29 is 45.0 Å². The number of piperazine rings is 1. The van der Waals surface area contributed by atoms with Gasteiger partial charge in [0.15, 0.2) is 0 Å².